The van der Waals surface area contributed by atoms with Gasteiger partial charge < -0.3 is 24.1 Å². The van der Waals surface area contributed by atoms with Crippen molar-refractivity contribution in [3.63, 3.8) is 0 Å². The zero-order chi connectivity index (χ0) is 10.2. The van der Waals surface area contributed by atoms with Gasteiger partial charge in [0.25, 0.3) is 5.97 Å². The maximum Gasteiger partial charge on any atom is 0.277 e. The number of hydrogen-bond donors (Lipinski definition) is 1. The fourth-order valence-electron chi connectivity index (χ4n) is 0.670. The molecule has 0 aromatic carbocycles. The van der Waals surface area contributed by atoms with Crippen LogP contribution in [0.1, 0.15) is 6.92 Å². The lowest BCUT2D eigenvalue weighted by Gasteiger charge is -2.23. The zero-order valence-corrected chi connectivity index (χ0v) is 8.41. The first-order valence-corrected chi connectivity index (χ1v) is 4.10. The summed E-state index contributed by atoms with van der Waals surface area (Å²) in [4.78, 5) is 0. The second-order valence-corrected chi connectivity index (χ2v) is 2.58. The summed E-state index contributed by atoms with van der Waals surface area (Å²) >= 11 is 0. The molecule has 0 saturated heterocycles. The molecule has 0 atom stereocenters. The molecule has 0 bridgehead atoms. The lowest BCUT2D eigenvalue weighted by molar-refractivity contribution is -0.352. The first kappa shape index (κ1) is 12.8. The van der Waals surface area contributed by atoms with E-state index in [1.54, 1.807) is 14.2 Å². The van der Waals surface area contributed by atoms with Gasteiger partial charge in [0.1, 0.15) is 0 Å². The van der Waals surface area contributed by atoms with E-state index in [0.717, 1.165) is 0 Å². The van der Waals surface area contributed by atoms with Crippen LogP contribution in [0, 0.1) is 0 Å². The normalized spacial score (nSPS) is 12.0. The highest BCUT2D eigenvalue weighted by molar-refractivity contribution is 4.43. The van der Waals surface area contributed by atoms with Gasteiger partial charge in [-0.25, -0.2) is 0 Å². The number of methoxy groups -OCH3 is 2. The summed E-state index contributed by atoms with van der Waals surface area (Å²) in [6, 6.07) is 0. The first-order chi connectivity index (χ1) is 6.12. The average molecular weight is 194 g/mol. The minimum Gasteiger partial charge on any atom is -0.382 e. The van der Waals surface area contributed by atoms with Crippen molar-refractivity contribution in [2.75, 3.05) is 40.6 Å². The van der Waals surface area contributed by atoms with Crippen LogP contribution in [0.5, 0.6) is 0 Å². The minimum absolute atomic E-state index is 0.288. The Kier molecular flexibility index (Phi) is 7.12. The van der Waals surface area contributed by atoms with E-state index in [1.807, 2.05) is 0 Å². The molecule has 0 aromatic heterocycles. The molecular weight excluding hydrogens is 176 g/mol. The van der Waals surface area contributed by atoms with E-state index in [9.17, 15) is 5.11 Å². The molecule has 0 heterocycles. The molecule has 0 aromatic rings. The predicted molar refractivity (Wildman–Crippen MR) is 46.3 cm³/mol. The zero-order valence-electron chi connectivity index (χ0n) is 8.41. The molecule has 0 spiro atoms. The van der Waals surface area contributed by atoms with Crippen LogP contribution in [0.3, 0.4) is 0 Å². The second kappa shape index (κ2) is 7.23. The molecular formula is C8H18O5. The smallest absolute Gasteiger partial charge is 0.277 e. The van der Waals surface area contributed by atoms with E-state index in [0.29, 0.717) is 13.2 Å². The van der Waals surface area contributed by atoms with Crippen LogP contribution in [0.4, 0.5) is 0 Å². The standard InChI is InChI=1S/C8H18O5/c1-8(9,12-6-4-10-2)13-7-5-11-3/h9H,4-7H2,1-3H3. The Bertz CT molecular complexity index is 103. The van der Waals surface area contributed by atoms with Gasteiger partial charge in [-0.2, -0.15) is 0 Å². The van der Waals surface area contributed by atoms with Gasteiger partial charge in [0.2, 0.25) is 0 Å². The van der Waals surface area contributed by atoms with Gasteiger partial charge in [0, 0.05) is 21.1 Å². The number of ether oxygens (including phenoxy) is 4. The van der Waals surface area contributed by atoms with Crippen molar-refractivity contribution in [1.82, 2.24) is 0 Å². The molecule has 0 aliphatic rings. The molecule has 0 fully saturated rings. The van der Waals surface area contributed by atoms with Crippen LogP contribution in [0.15, 0.2) is 0 Å². The summed E-state index contributed by atoms with van der Waals surface area (Å²) in [5.74, 6) is -1.56. The van der Waals surface area contributed by atoms with Gasteiger partial charge in [-0.1, -0.05) is 0 Å². The molecule has 5 heteroatoms. The topological polar surface area (TPSA) is 57.2 Å². The minimum atomic E-state index is -1.56. The van der Waals surface area contributed by atoms with Gasteiger partial charge in [-0.3, -0.25) is 0 Å². The molecule has 0 unspecified atom stereocenters. The van der Waals surface area contributed by atoms with Crippen LogP contribution in [0.25, 0.3) is 0 Å². The summed E-state index contributed by atoms with van der Waals surface area (Å²) in [6.45, 7) is 2.85. The Morgan fingerprint density at radius 2 is 1.31 bits per heavy atom. The molecule has 1 N–H and O–H groups in total. The average Bonchev–Trinajstić information content (AvgIpc) is 2.05. The second-order valence-electron chi connectivity index (χ2n) is 2.58. The Morgan fingerprint density at radius 1 is 0.923 bits per heavy atom. The number of aliphatic hydroxyl groups is 1. The fourth-order valence-corrected chi connectivity index (χ4v) is 0.670. The van der Waals surface area contributed by atoms with Crippen LogP contribution >= 0.6 is 0 Å². The highest BCUT2D eigenvalue weighted by Gasteiger charge is 2.20. The van der Waals surface area contributed by atoms with Crippen molar-refractivity contribution < 1.29 is 24.1 Å². The van der Waals surface area contributed by atoms with Crippen LogP contribution in [-0.2, 0) is 18.9 Å². The van der Waals surface area contributed by atoms with E-state index >= 15 is 0 Å². The fraction of sp³-hybridized carbons (Fsp3) is 1.00. The van der Waals surface area contributed by atoms with Crippen molar-refractivity contribution in [2.45, 2.75) is 12.9 Å². The molecule has 0 saturated carbocycles. The monoisotopic (exact) mass is 194 g/mol. The van der Waals surface area contributed by atoms with E-state index in [1.165, 1.54) is 6.92 Å². The van der Waals surface area contributed by atoms with Crippen molar-refractivity contribution in [2.24, 2.45) is 0 Å². The van der Waals surface area contributed by atoms with Gasteiger partial charge >= 0.3 is 0 Å². The Hall–Kier alpha value is -0.200. The van der Waals surface area contributed by atoms with Crippen molar-refractivity contribution in [3.05, 3.63) is 0 Å². The number of rotatable bonds is 8. The third kappa shape index (κ3) is 8.14. The lowest BCUT2D eigenvalue weighted by Crippen LogP contribution is -2.34. The largest absolute Gasteiger partial charge is 0.382 e. The molecule has 13 heavy (non-hydrogen) atoms. The van der Waals surface area contributed by atoms with Gasteiger partial charge in [0.05, 0.1) is 26.4 Å². The maximum atomic E-state index is 9.41. The van der Waals surface area contributed by atoms with E-state index in [4.69, 9.17) is 18.9 Å². The SMILES string of the molecule is COCCOC(C)(O)OCCOC. The maximum absolute atomic E-state index is 9.41. The van der Waals surface area contributed by atoms with Crippen LogP contribution in [0.2, 0.25) is 0 Å². The quantitative estimate of drug-likeness (QED) is 0.434. The van der Waals surface area contributed by atoms with Crippen molar-refractivity contribution in [3.8, 4) is 0 Å². The molecule has 0 aliphatic heterocycles. The summed E-state index contributed by atoms with van der Waals surface area (Å²) in [7, 11) is 3.12. The molecule has 0 aliphatic carbocycles. The van der Waals surface area contributed by atoms with Gasteiger partial charge in [0.15, 0.2) is 0 Å². The molecule has 0 radical (unpaired) electrons. The van der Waals surface area contributed by atoms with Crippen LogP contribution in [-0.4, -0.2) is 51.7 Å². The summed E-state index contributed by atoms with van der Waals surface area (Å²) < 4.78 is 19.4. The number of hydrogen-bond acceptors (Lipinski definition) is 5. The lowest BCUT2D eigenvalue weighted by atomic mass is 10.6. The molecule has 0 amide bonds. The Balaban J connectivity index is 3.42. The van der Waals surface area contributed by atoms with Crippen molar-refractivity contribution in [1.29, 1.82) is 0 Å². The third-order valence-corrected chi connectivity index (χ3v) is 1.31. The molecule has 5 nitrogen and oxygen atoms in total. The molecule has 0 rings (SSSR count). The molecule has 80 valence electrons. The summed E-state index contributed by atoms with van der Waals surface area (Å²) in [5.41, 5.74) is 0. The Labute approximate surface area is 78.5 Å². The summed E-state index contributed by atoms with van der Waals surface area (Å²) in [6.07, 6.45) is 0. The first-order valence-electron chi connectivity index (χ1n) is 4.10. The highest BCUT2D eigenvalue weighted by Crippen LogP contribution is 2.06. The Morgan fingerprint density at radius 3 is 1.62 bits per heavy atom. The van der Waals surface area contributed by atoms with Crippen molar-refractivity contribution >= 4 is 0 Å². The summed E-state index contributed by atoms with van der Waals surface area (Å²) in [5, 5.41) is 9.41. The van der Waals surface area contributed by atoms with Gasteiger partial charge in [-0.05, 0) is 0 Å². The van der Waals surface area contributed by atoms with E-state index < -0.39 is 5.97 Å². The van der Waals surface area contributed by atoms with Crippen LogP contribution < -0.4 is 0 Å². The predicted octanol–water partition coefficient (Wildman–Crippen LogP) is -0.0216. The van der Waals surface area contributed by atoms with Gasteiger partial charge in [-0.15, -0.1) is 0 Å². The third-order valence-electron chi connectivity index (χ3n) is 1.31. The highest BCUT2D eigenvalue weighted by atomic mass is 16.8. The van der Waals surface area contributed by atoms with E-state index in [2.05, 4.69) is 0 Å². The van der Waals surface area contributed by atoms with E-state index in [-0.39, 0.29) is 13.2 Å².